The summed E-state index contributed by atoms with van der Waals surface area (Å²) in [6.07, 6.45) is 5.43. The Balaban J connectivity index is 1.88. The first-order valence-corrected chi connectivity index (χ1v) is 7.07. The lowest BCUT2D eigenvalue weighted by atomic mass is 9.78. The van der Waals surface area contributed by atoms with Crippen LogP contribution >= 0.6 is 0 Å². The first-order chi connectivity index (χ1) is 7.58. The molecule has 5 unspecified atom stereocenters. The van der Waals surface area contributed by atoms with Crippen LogP contribution in [0.1, 0.15) is 46.5 Å². The van der Waals surface area contributed by atoms with Crippen LogP contribution in [0.15, 0.2) is 0 Å². The van der Waals surface area contributed by atoms with Crippen LogP contribution in [0.4, 0.5) is 0 Å². The van der Waals surface area contributed by atoms with Gasteiger partial charge in [-0.3, -0.25) is 4.90 Å². The fourth-order valence-electron chi connectivity index (χ4n) is 3.38. The maximum absolute atomic E-state index is 6.09. The zero-order chi connectivity index (χ0) is 11.7. The summed E-state index contributed by atoms with van der Waals surface area (Å²) in [5, 5.41) is 0. The Morgan fingerprint density at radius 3 is 2.31 bits per heavy atom. The Labute approximate surface area is 101 Å². The maximum atomic E-state index is 6.09. The van der Waals surface area contributed by atoms with Crippen molar-refractivity contribution in [1.82, 2.24) is 4.90 Å². The van der Waals surface area contributed by atoms with Gasteiger partial charge in [0.1, 0.15) is 0 Å². The van der Waals surface area contributed by atoms with Crippen molar-refractivity contribution in [3.63, 3.8) is 0 Å². The van der Waals surface area contributed by atoms with E-state index < -0.39 is 0 Å². The molecule has 1 aliphatic heterocycles. The van der Waals surface area contributed by atoms with Crippen LogP contribution in [0.2, 0.25) is 0 Å². The van der Waals surface area contributed by atoms with E-state index in [0.29, 0.717) is 12.0 Å². The number of hydrogen-bond donors (Lipinski definition) is 1. The first kappa shape index (κ1) is 12.4. The number of nitrogens with zero attached hydrogens (tertiary/aromatic N) is 1. The molecule has 0 amide bonds. The molecule has 1 heterocycles. The van der Waals surface area contributed by atoms with Crippen LogP contribution < -0.4 is 5.73 Å². The van der Waals surface area contributed by atoms with Crippen molar-refractivity contribution < 1.29 is 0 Å². The fraction of sp³-hybridized carbons (Fsp3) is 1.00. The van der Waals surface area contributed by atoms with E-state index in [9.17, 15) is 0 Å². The van der Waals surface area contributed by atoms with Crippen LogP contribution in [0.25, 0.3) is 0 Å². The van der Waals surface area contributed by atoms with Gasteiger partial charge in [0.2, 0.25) is 0 Å². The molecule has 0 aromatic heterocycles. The van der Waals surface area contributed by atoms with Crippen molar-refractivity contribution in [3.05, 3.63) is 0 Å². The van der Waals surface area contributed by atoms with Gasteiger partial charge in [-0.25, -0.2) is 0 Å². The molecule has 5 atom stereocenters. The Morgan fingerprint density at radius 2 is 1.69 bits per heavy atom. The number of rotatable bonds is 1. The molecule has 2 heteroatoms. The summed E-state index contributed by atoms with van der Waals surface area (Å²) in [5.41, 5.74) is 6.09. The van der Waals surface area contributed by atoms with Crippen molar-refractivity contribution in [2.45, 2.75) is 58.5 Å². The molecular formula is C14H28N2. The summed E-state index contributed by atoms with van der Waals surface area (Å²) in [4.78, 5) is 2.72. The summed E-state index contributed by atoms with van der Waals surface area (Å²) < 4.78 is 0. The second-order valence-electron chi connectivity index (χ2n) is 6.35. The van der Waals surface area contributed by atoms with E-state index in [1.54, 1.807) is 0 Å². The molecule has 2 rings (SSSR count). The van der Waals surface area contributed by atoms with Crippen LogP contribution in [0, 0.1) is 17.8 Å². The molecular weight excluding hydrogens is 196 g/mol. The summed E-state index contributed by atoms with van der Waals surface area (Å²) in [5.74, 6) is 2.52. The van der Waals surface area contributed by atoms with E-state index in [4.69, 9.17) is 5.73 Å². The zero-order valence-corrected chi connectivity index (χ0v) is 11.2. The minimum Gasteiger partial charge on any atom is -0.327 e. The Kier molecular flexibility index (Phi) is 3.91. The zero-order valence-electron chi connectivity index (χ0n) is 11.2. The largest absolute Gasteiger partial charge is 0.327 e. The van der Waals surface area contributed by atoms with Crippen molar-refractivity contribution >= 4 is 0 Å². The summed E-state index contributed by atoms with van der Waals surface area (Å²) >= 11 is 0. The molecule has 0 bridgehead atoms. The van der Waals surface area contributed by atoms with Crippen molar-refractivity contribution in [1.29, 1.82) is 0 Å². The second-order valence-corrected chi connectivity index (χ2v) is 6.35. The highest BCUT2D eigenvalue weighted by Crippen LogP contribution is 2.33. The molecule has 16 heavy (non-hydrogen) atoms. The van der Waals surface area contributed by atoms with Gasteiger partial charge in [-0.15, -0.1) is 0 Å². The monoisotopic (exact) mass is 224 g/mol. The van der Waals surface area contributed by atoms with E-state index in [0.717, 1.165) is 17.9 Å². The topological polar surface area (TPSA) is 29.3 Å². The lowest BCUT2D eigenvalue weighted by Crippen LogP contribution is -2.51. The average molecular weight is 224 g/mol. The quantitative estimate of drug-likeness (QED) is 0.741. The van der Waals surface area contributed by atoms with Gasteiger partial charge in [0, 0.05) is 18.6 Å². The van der Waals surface area contributed by atoms with Crippen LogP contribution in [0.5, 0.6) is 0 Å². The maximum Gasteiger partial charge on any atom is 0.00981 e. The van der Waals surface area contributed by atoms with Crippen molar-refractivity contribution in [2.75, 3.05) is 13.1 Å². The Morgan fingerprint density at radius 1 is 0.938 bits per heavy atom. The van der Waals surface area contributed by atoms with Gasteiger partial charge < -0.3 is 5.73 Å². The molecule has 0 spiro atoms. The first-order valence-electron chi connectivity index (χ1n) is 7.07. The number of likely N-dealkylation sites (tertiary alicyclic amines) is 1. The van der Waals surface area contributed by atoms with Gasteiger partial charge in [-0.05, 0) is 50.0 Å². The fourth-order valence-corrected chi connectivity index (χ4v) is 3.38. The molecule has 0 aromatic carbocycles. The van der Waals surface area contributed by atoms with Crippen molar-refractivity contribution in [2.24, 2.45) is 23.5 Å². The average Bonchev–Trinajstić information content (AvgIpc) is 2.26. The molecule has 0 radical (unpaired) electrons. The third-order valence-corrected chi connectivity index (χ3v) is 5.09. The van der Waals surface area contributed by atoms with E-state index >= 15 is 0 Å². The second kappa shape index (κ2) is 5.05. The van der Waals surface area contributed by atoms with Gasteiger partial charge in [0.15, 0.2) is 0 Å². The van der Waals surface area contributed by atoms with E-state index in [-0.39, 0.29) is 0 Å². The number of hydrogen-bond acceptors (Lipinski definition) is 2. The SMILES string of the molecule is CC1CCC(N2CCC(N)C(C)C2)CC1C. The highest BCUT2D eigenvalue weighted by Gasteiger charge is 2.32. The Hall–Kier alpha value is -0.0800. The predicted molar refractivity (Wildman–Crippen MR) is 69.3 cm³/mol. The summed E-state index contributed by atoms with van der Waals surface area (Å²) in [6.45, 7) is 9.61. The van der Waals surface area contributed by atoms with E-state index in [2.05, 4.69) is 25.7 Å². The minimum absolute atomic E-state index is 0.441. The summed E-state index contributed by atoms with van der Waals surface area (Å²) in [6, 6.07) is 1.29. The smallest absolute Gasteiger partial charge is 0.00981 e. The third kappa shape index (κ3) is 2.60. The summed E-state index contributed by atoms with van der Waals surface area (Å²) in [7, 11) is 0. The molecule has 2 aliphatic rings. The van der Waals surface area contributed by atoms with Gasteiger partial charge in [-0.2, -0.15) is 0 Å². The van der Waals surface area contributed by atoms with Crippen LogP contribution in [-0.4, -0.2) is 30.1 Å². The van der Waals surface area contributed by atoms with Gasteiger partial charge in [0.05, 0.1) is 0 Å². The molecule has 2 nitrogen and oxygen atoms in total. The molecule has 1 saturated carbocycles. The lowest BCUT2D eigenvalue weighted by Gasteiger charge is -2.44. The molecule has 94 valence electrons. The standard InChI is InChI=1S/C14H28N2/c1-10-4-5-13(8-11(10)2)16-7-6-14(15)12(3)9-16/h10-14H,4-9,15H2,1-3H3. The van der Waals surface area contributed by atoms with E-state index in [1.807, 2.05) is 0 Å². The van der Waals surface area contributed by atoms with Gasteiger partial charge in [0.25, 0.3) is 0 Å². The number of piperidine rings is 1. The van der Waals surface area contributed by atoms with Crippen molar-refractivity contribution in [3.8, 4) is 0 Å². The molecule has 1 aliphatic carbocycles. The van der Waals surface area contributed by atoms with Gasteiger partial charge in [-0.1, -0.05) is 20.8 Å². The van der Waals surface area contributed by atoms with Gasteiger partial charge >= 0.3 is 0 Å². The minimum atomic E-state index is 0.441. The molecule has 0 aromatic rings. The molecule has 2 N–H and O–H groups in total. The molecule has 1 saturated heterocycles. The van der Waals surface area contributed by atoms with Crippen LogP contribution in [-0.2, 0) is 0 Å². The van der Waals surface area contributed by atoms with Crippen LogP contribution in [0.3, 0.4) is 0 Å². The lowest BCUT2D eigenvalue weighted by molar-refractivity contribution is 0.0658. The normalized spacial score (nSPS) is 46.9. The predicted octanol–water partition coefficient (Wildman–Crippen LogP) is 2.48. The third-order valence-electron chi connectivity index (χ3n) is 5.09. The highest BCUT2D eigenvalue weighted by molar-refractivity contribution is 4.87. The van der Waals surface area contributed by atoms with E-state index in [1.165, 1.54) is 38.8 Å². The highest BCUT2D eigenvalue weighted by atomic mass is 15.2. The molecule has 2 fully saturated rings. The number of nitrogens with two attached hydrogens (primary N) is 1. The Bertz CT molecular complexity index is 205.